The summed E-state index contributed by atoms with van der Waals surface area (Å²) in [7, 11) is 0. The van der Waals surface area contributed by atoms with Gasteiger partial charge in [0.15, 0.2) is 0 Å². The molecule has 6 nitrogen and oxygen atoms in total. The van der Waals surface area contributed by atoms with Crippen LogP contribution in [0.3, 0.4) is 0 Å². The van der Waals surface area contributed by atoms with Crippen molar-refractivity contribution in [3.63, 3.8) is 0 Å². The Balaban J connectivity index is 1.42. The number of halogens is 1. The molecule has 2 amide bonds. The SMILES string of the molecule is Cc1c(/C=C2\C(=O)Nc3cccc(Br)c32)[nH]c2c1C(=O)N(CCN1CCCCC1)CCC2. The number of hydrogen-bond acceptors (Lipinski definition) is 3. The second-order valence-electron chi connectivity index (χ2n) is 8.99. The van der Waals surface area contributed by atoms with Crippen LogP contribution in [-0.2, 0) is 11.2 Å². The molecule has 1 saturated heterocycles. The third-order valence-electron chi connectivity index (χ3n) is 6.92. The van der Waals surface area contributed by atoms with Crippen LogP contribution in [0.2, 0.25) is 0 Å². The fraction of sp³-hybridized carbons (Fsp3) is 0.440. The summed E-state index contributed by atoms with van der Waals surface area (Å²) in [6, 6.07) is 5.75. The molecule has 1 aromatic carbocycles. The number of piperidine rings is 1. The van der Waals surface area contributed by atoms with Crippen LogP contribution in [0.4, 0.5) is 5.69 Å². The van der Waals surface area contributed by atoms with Crippen LogP contribution >= 0.6 is 15.9 Å². The summed E-state index contributed by atoms with van der Waals surface area (Å²) < 4.78 is 0.880. The van der Waals surface area contributed by atoms with E-state index < -0.39 is 0 Å². The number of aryl methyl sites for hydroxylation is 1. The number of fused-ring (bicyclic) bond motifs is 2. The predicted octanol–water partition coefficient (Wildman–Crippen LogP) is 4.45. The van der Waals surface area contributed by atoms with E-state index >= 15 is 0 Å². The van der Waals surface area contributed by atoms with Gasteiger partial charge in [-0.1, -0.05) is 28.4 Å². The first-order chi connectivity index (χ1) is 15.5. The molecule has 0 spiro atoms. The maximum absolute atomic E-state index is 13.5. The van der Waals surface area contributed by atoms with Gasteiger partial charge in [0.05, 0.1) is 16.8 Å². The van der Waals surface area contributed by atoms with E-state index in [1.54, 1.807) is 0 Å². The minimum absolute atomic E-state index is 0.116. The highest BCUT2D eigenvalue weighted by Crippen LogP contribution is 2.39. The largest absolute Gasteiger partial charge is 0.358 e. The number of nitrogens with zero attached hydrogens (tertiary/aromatic N) is 2. The van der Waals surface area contributed by atoms with Gasteiger partial charge >= 0.3 is 0 Å². The number of hydrogen-bond donors (Lipinski definition) is 2. The van der Waals surface area contributed by atoms with Gasteiger partial charge in [-0.05, 0) is 69.5 Å². The first kappa shape index (κ1) is 21.5. The number of amides is 2. The number of nitrogens with one attached hydrogen (secondary N) is 2. The van der Waals surface area contributed by atoms with E-state index in [1.807, 2.05) is 36.1 Å². The summed E-state index contributed by atoms with van der Waals surface area (Å²) in [4.78, 5) is 34.1. The van der Waals surface area contributed by atoms with E-state index in [0.29, 0.717) is 5.57 Å². The average Bonchev–Trinajstić information content (AvgIpc) is 3.22. The lowest BCUT2D eigenvalue weighted by molar-refractivity contribution is -0.110. The molecule has 0 radical (unpaired) electrons. The highest BCUT2D eigenvalue weighted by molar-refractivity contribution is 9.10. The second-order valence-corrected chi connectivity index (χ2v) is 9.84. The van der Waals surface area contributed by atoms with Crippen molar-refractivity contribution in [3.05, 3.63) is 50.8 Å². The first-order valence-corrected chi connectivity index (χ1v) is 12.4. The highest BCUT2D eigenvalue weighted by Gasteiger charge is 2.30. The normalized spacial score (nSPS) is 20.3. The zero-order valence-corrected chi connectivity index (χ0v) is 20.1. The van der Waals surface area contributed by atoms with E-state index in [-0.39, 0.29) is 11.8 Å². The van der Waals surface area contributed by atoms with Crippen LogP contribution in [-0.4, -0.2) is 59.3 Å². The molecule has 2 aromatic rings. The monoisotopic (exact) mass is 496 g/mol. The number of aromatic amines is 1. The van der Waals surface area contributed by atoms with E-state index in [4.69, 9.17) is 0 Å². The molecular formula is C25H29BrN4O2. The molecule has 32 heavy (non-hydrogen) atoms. The summed E-state index contributed by atoms with van der Waals surface area (Å²) in [6.07, 6.45) is 7.53. The van der Waals surface area contributed by atoms with Gasteiger partial charge in [-0.25, -0.2) is 0 Å². The molecule has 3 aliphatic heterocycles. The third kappa shape index (κ3) is 3.92. The van der Waals surface area contributed by atoms with E-state index in [0.717, 1.165) is 83.8 Å². The minimum Gasteiger partial charge on any atom is -0.358 e. The Morgan fingerprint density at radius 1 is 1.03 bits per heavy atom. The minimum atomic E-state index is -0.120. The summed E-state index contributed by atoms with van der Waals surface area (Å²) in [5, 5.41) is 2.93. The van der Waals surface area contributed by atoms with Gasteiger partial charge in [0.1, 0.15) is 0 Å². The van der Waals surface area contributed by atoms with Crippen LogP contribution < -0.4 is 5.32 Å². The van der Waals surface area contributed by atoms with E-state index in [9.17, 15) is 9.59 Å². The Bertz CT molecular complexity index is 1100. The van der Waals surface area contributed by atoms with Gasteiger partial charge in [0.2, 0.25) is 0 Å². The maximum atomic E-state index is 13.5. The Hall–Kier alpha value is -2.38. The van der Waals surface area contributed by atoms with Gasteiger partial charge in [0.25, 0.3) is 11.8 Å². The molecule has 0 atom stereocenters. The molecule has 3 aliphatic rings. The van der Waals surface area contributed by atoms with Crippen molar-refractivity contribution in [1.82, 2.24) is 14.8 Å². The number of rotatable bonds is 4. The fourth-order valence-electron chi connectivity index (χ4n) is 5.15. The quantitative estimate of drug-likeness (QED) is 0.614. The smallest absolute Gasteiger partial charge is 0.256 e. The predicted molar refractivity (Wildman–Crippen MR) is 131 cm³/mol. The number of benzene rings is 1. The molecule has 0 bridgehead atoms. The van der Waals surface area contributed by atoms with E-state index in [2.05, 4.69) is 31.1 Å². The van der Waals surface area contributed by atoms with Crippen LogP contribution in [0.1, 0.15) is 58.6 Å². The second kappa shape index (κ2) is 8.87. The van der Waals surface area contributed by atoms with Crippen LogP contribution in [0.25, 0.3) is 11.6 Å². The van der Waals surface area contributed by atoms with Crippen molar-refractivity contribution in [2.24, 2.45) is 0 Å². The van der Waals surface area contributed by atoms with Crippen molar-refractivity contribution in [1.29, 1.82) is 0 Å². The molecule has 168 valence electrons. The summed E-state index contributed by atoms with van der Waals surface area (Å²) in [5.74, 6) is -0.00376. The third-order valence-corrected chi connectivity index (χ3v) is 7.58. The first-order valence-electron chi connectivity index (χ1n) is 11.6. The maximum Gasteiger partial charge on any atom is 0.256 e. The van der Waals surface area contributed by atoms with Crippen LogP contribution in [0.15, 0.2) is 22.7 Å². The van der Waals surface area contributed by atoms with Crippen LogP contribution in [0.5, 0.6) is 0 Å². The summed E-state index contributed by atoms with van der Waals surface area (Å²) in [6.45, 7) is 6.81. The summed E-state index contributed by atoms with van der Waals surface area (Å²) >= 11 is 3.57. The lowest BCUT2D eigenvalue weighted by Gasteiger charge is -2.29. The highest BCUT2D eigenvalue weighted by atomic mass is 79.9. The Morgan fingerprint density at radius 3 is 2.66 bits per heavy atom. The topological polar surface area (TPSA) is 68.4 Å². The number of anilines is 1. The number of H-pyrrole nitrogens is 1. The molecular weight excluding hydrogens is 468 g/mol. The molecule has 5 rings (SSSR count). The molecule has 4 heterocycles. The van der Waals surface area contributed by atoms with Gasteiger partial charge in [-0.15, -0.1) is 0 Å². The molecule has 0 saturated carbocycles. The van der Waals surface area contributed by atoms with Gasteiger partial charge in [-0.2, -0.15) is 0 Å². The Labute approximate surface area is 197 Å². The lowest BCUT2D eigenvalue weighted by Crippen LogP contribution is -2.40. The van der Waals surface area contributed by atoms with Gasteiger partial charge < -0.3 is 20.1 Å². The number of aromatic nitrogens is 1. The molecule has 0 unspecified atom stereocenters. The van der Waals surface area contributed by atoms with Crippen molar-refractivity contribution in [2.45, 2.75) is 39.0 Å². The molecule has 0 aliphatic carbocycles. The van der Waals surface area contributed by atoms with Gasteiger partial charge in [0, 0.05) is 41.1 Å². The number of likely N-dealkylation sites (tertiary alicyclic amines) is 1. The lowest BCUT2D eigenvalue weighted by atomic mass is 10.0. The number of carbonyl (C=O) groups is 2. The van der Waals surface area contributed by atoms with Crippen LogP contribution in [0, 0.1) is 6.92 Å². The van der Waals surface area contributed by atoms with Crippen molar-refractivity contribution in [3.8, 4) is 0 Å². The standard InChI is InChI=1S/C25H29BrN4O2/c1-16-21(15-17-23-18(26)7-5-8-20(23)28-24(17)31)27-19-9-6-12-30(25(32)22(16)19)14-13-29-10-3-2-4-11-29/h5,7-8,15,27H,2-4,6,9-14H2,1H3,(H,28,31)/b17-15-. The Kier molecular flexibility index (Phi) is 5.95. The number of carbonyl (C=O) groups excluding carboxylic acids is 2. The van der Waals surface area contributed by atoms with Crippen molar-refractivity contribution in [2.75, 3.05) is 38.0 Å². The summed E-state index contributed by atoms with van der Waals surface area (Å²) in [5.41, 5.74) is 5.84. The average molecular weight is 497 g/mol. The molecule has 1 aromatic heterocycles. The van der Waals surface area contributed by atoms with Crippen molar-refractivity contribution >= 4 is 45.1 Å². The molecule has 1 fully saturated rings. The zero-order chi connectivity index (χ0) is 22.2. The van der Waals surface area contributed by atoms with Crippen molar-refractivity contribution < 1.29 is 9.59 Å². The van der Waals surface area contributed by atoms with Gasteiger partial charge in [-0.3, -0.25) is 9.59 Å². The Morgan fingerprint density at radius 2 is 1.84 bits per heavy atom. The van der Waals surface area contributed by atoms with E-state index in [1.165, 1.54) is 19.3 Å². The molecule has 2 N–H and O–H groups in total. The fourth-order valence-corrected chi connectivity index (χ4v) is 5.73. The zero-order valence-electron chi connectivity index (χ0n) is 18.5. The molecule has 7 heteroatoms.